The maximum absolute atomic E-state index is 11.5. The van der Waals surface area contributed by atoms with E-state index in [-0.39, 0.29) is 5.91 Å². The normalized spacial score (nSPS) is 10.3. The molecule has 1 heterocycles. The first kappa shape index (κ1) is 17.4. The highest BCUT2D eigenvalue weighted by Crippen LogP contribution is 2.27. The molecule has 26 heavy (non-hydrogen) atoms. The van der Waals surface area contributed by atoms with Gasteiger partial charge < -0.3 is 14.8 Å². The Morgan fingerprint density at radius 3 is 1.88 bits per heavy atom. The molecule has 0 aliphatic rings. The highest BCUT2D eigenvalue weighted by molar-refractivity contribution is 5.88. The highest BCUT2D eigenvalue weighted by atomic mass is 16.5. The molecule has 1 aromatic heterocycles. The van der Waals surface area contributed by atoms with E-state index < -0.39 is 0 Å². The second kappa shape index (κ2) is 7.65. The lowest BCUT2D eigenvalue weighted by Gasteiger charge is -2.10. The lowest BCUT2D eigenvalue weighted by Crippen LogP contribution is -2.09. The van der Waals surface area contributed by atoms with Crippen LogP contribution in [0.4, 0.5) is 5.82 Å². The Hall–Kier alpha value is -3.41. The molecule has 6 nitrogen and oxygen atoms in total. The summed E-state index contributed by atoms with van der Waals surface area (Å²) in [6, 6.07) is 16.7. The van der Waals surface area contributed by atoms with Gasteiger partial charge in [0.25, 0.3) is 0 Å². The average Bonchev–Trinajstić information content (AvgIpc) is 2.67. The molecule has 1 amide bonds. The number of hydrogen-bond acceptors (Lipinski definition) is 5. The van der Waals surface area contributed by atoms with E-state index >= 15 is 0 Å². The molecule has 0 spiro atoms. The molecule has 0 bridgehead atoms. The van der Waals surface area contributed by atoms with Gasteiger partial charge in [-0.3, -0.25) is 4.79 Å². The summed E-state index contributed by atoms with van der Waals surface area (Å²) in [5, 5.41) is 2.73. The van der Waals surface area contributed by atoms with E-state index in [1.54, 1.807) is 20.3 Å². The first-order valence-corrected chi connectivity index (χ1v) is 8.04. The number of anilines is 1. The van der Waals surface area contributed by atoms with E-state index in [4.69, 9.17) is 9.47 Å². The first-order chi connectivity index (χ1) is 12.6. The third kappa shape index (κ3) is 3.97. The highest BCUT2D eigenvalue weighted by Gasteiger charge is 2.10. The quantitative estimate of drug-likeness (QED) is 0.759. The molecule has 0 saturated heterocycles. The fourth-order valence-corrected chi connectivity index (χ4v) is 2.47. The van der Waals surface area contributed by atoms with Crippen LogP contribution in [0.3, 0.4) is 0 Å². The van der Waals surface area contributed by atoms with Crippen LogP contribution in [0.15, 0.2) is 54.6 Å². The van der Waals surface area contributed by atoms with Crippen LogP contribution in [0.25, 0.3) is 22.6 Å². The molecule has 2 aromatic carbocycles. The minimum atomic E-state index is -0.190. The van der Waals surface area contributed by atoms with E-state index in [2.05, 4.69) is 15.3 Å². The van der Waals surface area contributed by atoms with Gasteiger partial charge >= 0.3 is 0 Å². The number of nitrogens with zero attached hydrogens (tertiary/aromatic N) is 2. The second-order valence-electron chi connectivity index (χ2n) is 5.60. The SMILES string of the molecule is COc1ccc(-c2cc(NC(C)=O)nc(-c3ccc(OC)cc3)n2)cc1. The predicted molar refractivity (Wildman–Crippen MR) is 100 cm³/mol. The van der Waals surface area contributed by atoms with Gasteiger partial charge in [-0.2, -0.15) is 0 Å². The Morgan fingerprint density at radius 2 is 1.38 bits per heavy atom. The average molecular weight is 349 g/mol. The van der Waals surface area contributed by atoms with Crippen molar-refractivity contribution in [3.05, 3.63) is 54.6 Å². The van der Waals surface area contributed by atoms with E-state index in [0.29, 0.717) is 17.3 Å². The zero-order valence-corrected chi connectivity index (χ0v) is 14.8. The number of methoxy groups -OCH3 is 2. The summed E-state index contributed by atoms with van der Waals surface area (Å²) in [5.41, 5.74) is 2.43. The molecule has 0 aliphatic heterocycles. The van der Waals surface area contributed by atoms with Crippen molar-refractivity contribution >= 4 is 11.7 Å². The van der Waals surface area contributed by atoms with Gasteiger partial charge in [-0.25, -0.2) is 9.97 Å². The van der Waals surface area contributed by atoms with Crippen LogP contribution in [0, 0.1) is 0 Å². The van der Waals surface area contributed by atoms with Crippen molar-refractivity contribution in [1.29, 1.82) is 0 Å². The molecule has 0 radical (unpaired) electrons. The van der Waals surface area contributed by atoms with Crippen molar-refractivity contribution < 1.29 is 14.3 Å². The number of nitrogens with one attached hydrogen (secondary N) is 1. The van der Waals surface area contributed by atoms with Gasteiger partial charge in [0.15, 0.2) is 5.82 Å². The first-order valence-electron chi connectivity index (χ1n) is 8.04. The Bertz CT molecular complexity index is 841. The fourth-order valence-electron chi connectivity index (χ4n) is 2.47. The standard InChI is InChI=1S/C20H19N3O3/c1-13(24)21-19-12-18(14-4-8-16(25-2)9-5-14)22-20(23-19)15-6-10-17(26-3)11-7-15/h4-12H,1-3H3,(H,21,22,23,24). The van der Waals surface area contributed by atoms with Crippen LogP contribution in [-0.2, 0) is 4.79 Å². The van der Waals surface area contributed by atoms with Crippen molar-refractivity contribution in [2.45, 2.75) is 6.92 Å². The predicted octanol–water partition coefficient (Wildman–Crippen LogP) is 3.79. The van der Waals surface area contributed by atoms with Gasteiger partial charge in [0.1, 0.15) is 17.3 Å². The molecule has 6 heteroatoms. The molecule has 3 aromatic rings. The molecule has 0 aliphatic carbocycles. The lowest BCUT2D eigenvalue weighted by atomic mass is 10.1. The minimum Gasteiger partial charge on any atom is -0.497 e. The molecule has 3 rings (SSSR count). The maximum atomic E-state index is 11.5. The van der Waals surface area contributed by atoms with Gasteiger partial charge in [0.2, 0.25) is 5.91 Å². The van der Waals surface area contributed by atoms with E-state index in [1.165, 1.54) is 6.92 Å². The van der Waals surface area contributed by atoms with Crippen molar-refractivity contribution in [3.63, 3.8) is 0 Å². The number of benzene rings is 2. The summed E-state index contributed by atoms with van der Waals surface area (Å²) in [5.74, 6) is 2.29. The Balaban J connectivity index is 2.06. The van der Waals surface area contributed by atoms with Crippen LogP contribution in [0.5, 0.6) is 11.5 Å². The largest absolute Gasteiger partial charge is 0.497 e. The Labute approximate surface area is 151 Å². The van der Waals surface area contributed by atoms with Crippen molar-refractivity contribution in [1.82, 2.24) is 9.97 Å². The Kier molecular flexibility index (Phi) is 5.12. The van der Waals surface area contributed by atoms with Crippen molar-refractivity contribution in [2.75, 3.05) is 19.5 Å². The number of carbonyl (C=O) groups excluding carboxylic acids is 1. The number of aromatic nitrogens is 2. The molecular weight excluding hydrogens is 330 g/mol. The van der Waals surface area contributed by atoms with Crippen LogP contribution < -0.4 is 14.8 Å². The lowest BCUT2D eigenvalue weighted by molar-refractivity contribution is -0.114. The summed E-state index contributed by atoms with van der Waals surface area (Å²) in [6.45, 7) is 1.45. The molecule has 0 unspecified atom stereocenters. The summed E-state index contributed by atoms with van der Waals surface area (Å²) in [6.07, 6.45) is 0. The number of hydrogen-bond donors (Lipinski definition) is 1. The van der Waals surface area contributed by atoms with Gasteiger partial charge in [-0.1, -0.05) is 0 Å². The van der Waals surface area contributed by atoms with Gasteiger partial charge in [0.05, 0.1) is 19.9 Å². The minimum absolute atomic E-state index is 0.190. The summed E-state index contributed by atoms with van der Waals surface area (Å²) >= 11 is 0. The third-order valence-electron chi connectivity index (χ3n) is 3.76. The zero-order chi connectivity index (χ0) is 18.5. The number of amides is 1. The zero-order valence-electron chi connectivity index (χ0n) is 14.8. The van der Waals surface area contributed by atoms with E-state index in [1.807, 2.05) is 48.5 Å². The second-order valence-corrected chi connectivity index (χ2v) is 5.60. The van der Waals surface area contributed by atoms with Gasteiger partial charge in [-0.15, -0.1) is 0 Å². The van der Waals surface area contributed by atoms with Crippen molar-refractivity contribution in [3.8, 4) is 34.1 Å². The van der Waals surface area contributed by atoms with Crippen LogP contribution in [-0.4, -0.2) is 30.1 Å². The topological polar surface area (TPSA) is 73.3 Å². The molecule has 0 fully saturated rings. The molecule has 0 saturated carbocycles. The van der Waals surface area contributed by atoms with Gasteiger partial charge in [0, 0.05) is 24.1 Å². The number of rotatable bonds is 5. The van der Waals surface area contributed by atoms with Crippen molar-refractivity contribution in [2.24, 2.45) is 0 Å². The fraction of sp³-hybridized carbons (Fsp3) is 0.150. The Morgan fingerprint density at radius 1 is 0.846 bits per heavy atom. The van der Waals surface area contributed by atoms with Crippen LogP contribution in [0.2, 0.25) is 0 Å². The molecule has 1 N–H and O–H groups in total. The molecule has 0 atom stereocenters. The molecular formula is C20H19N3O3. The summed E-state index contributed by atoms with van der Waals surface area (Å²) in [4.78, 5) is 20.6. The number of carbonyl (C=O) groups is 1. The smallest absolute Gasteiger partial charge is 0.222 e. The van der Waals surface area contributed by atoms with Gasteiger partial charge in [-0.05, 0) is 48.5 Å². The van der Waals surface area contributed by atoms with Crippen LogP contribution in [0.1, 0.15) is 6.92 Å². The maximum Gasteiger partial charge on any atom is 0.222 e. The third-order valence-corrected chi connectivity index (χ3v) is 3.76. The van der Waals surface area contributed by atoms with E-state index in [9.17, 15) is 4.79 Å². The summed E-state index contributed by atoms with van der Waals surface area (Å²) in [7, 11) is 3.24. The van der Waals surface area contributed by atoms with Crippen LogP contribution >= 0.6 is 0 Å². The number of ether oxygens (including phenoxy) is 2. The molecule has 132 valence electrons. The van der Waals surface area contributed by atoms with E-state index in [0.717, 1.165) is 22.6 Å². The summed E-state index contributed by atoms with van der Waals surface area (Å²) < 4.78 is 10.4. The monoisotopic (exact) mass is 349 g/mol.